The van der Waals surface area contributed by atoms with Gasteiger partial charge in [0, 0.05) is 16.2 Å². The van der Waals surface area contributed by atoms with E-state index in [2.05, 4.69) is 27.7 Å². The van der Waals surface area contributed by atoms with Crippen molar-refractivity contribution in [1.82, 2.24) is 4.98 Å². The van der Waals surface area contributed by atoms with Crippen molar-refractivity contribution in [1.29, 1.82) is 0 Å². The number of hydrogen-bond acceptors (Lipinski definition) is 2. The Morgan fingerprint density at radius 2 is 1.29 bits per heavy atom. The Kier molecular flexibility index (Phi) is 6.19. The predicted octanol–water partition coefficient (Wildman–Crippen LogP) is 7.15. The van der Waals surface area contributed by atoms with Crippen LogP contribution in [0.3, 0.4) is 0 Å². The van der Waals surface area contributed by atoms with Crippen molar-refractivity contribution < 1.29 is 8.78 Å². The first-order chi connectivity index (χ1) is 13.3. The first kappa shape index (κ1) is 20.5. The Morgan fingerprint density at radius 1 is 0.786 bits per heavy atom. The van der Waals surface area contributed by atoms with Gasteiger partial charge >= 0.3 is 0 Å². The van der Waals surface area contributed by atoms with Crippen molar-refractivity contribution in [2.45, 2.75) is 50.8 Å². The molecule has 0 saturated carbocycles. The van der Waals surface area contributed by atoms with Gasteiger partial charge in [0.05, 0.1) is 5.69 Å². The molecule has 0 saturated heterocycles. The summed E-state index contributed by atoms with van der Waals surface area (Å²) in [5.41, 5.74) is 5.89. The van der Waals surface area contributed by atoms with Gasteiger partial charge in [-0.15, -0.1) is 12.6 Å². The van der Waals surface area contributed by atoms with Crippen LogP contribution in [0.15, 0.2) is 53.4 Å². The van der Waals surface area contributed by atoms with E-state index in [0.717, 1.165) is 38.5 Å². The van der Waals surface area contributed by atoms with Crippen LogP contribution < -0.4 is 0 Å². The zero-order valence-corrected chi connectivity index (χ0v) is 17.5. The van der Waals surface area contributed by atoms with Crippen molar-refractivity contribution in [3.05, 3.63) is 82.7 Å². The molecule has 0 N–H and O–H groups in total. The van der Waals surface area contributed by atoms with Crippen LogP contribution in [0.1, 0.15) is 62.0 Å². The summed E-state index contributed by atoms with van der Waals surface area (Å²) in [7, 11) is 0. The molecule has 1 heterocycles. The highest BCUT2D eigenvalue weighted by Gasteiger charge is 2.22. The minimum atomic E-state index is -0.272. The minimum absolute atomic E-state index is 0.209. The van der Waals surface area contributed by atoms with E-state index in [1.54, 1.807) is 24.3 Å². The molecular formula is C24H25F2NS. The van der Waals surface area contributed by atoms with Crippen LogP contribution in [0.25, 0.3) is 11.1 Å². The maximum Gasteiger partial charge on any atom is 0.123 e. The fraction of sp³-hybridized carbons (Fsp3) is 0.292. The summed E-state index contributed by atoms with van der Waals surface area (Å²) in [6.07, 6.45) is 0.611. The Hall–Kier alpha value is -2.20. The van der Waals surface area contributed by atoms with Crippen LogP contribution in [-0.2, 0) is 6.42 Å². The first-order valence-electron chi connectivity index (χ1n) is 9.54. The molecule has 1 nitrogen and oxygen atoms in total. The third kappa shape index (κ3) is 4.27. The Balaban J connectivity index is 2.28. The maximum atomic E-state index is 13.5. The standard InChI is InChI=1S/C24H25F2NS/c1-14(2)22-20(13-16-5-9-18(25)10-6-16)21(17-7-11-19(26)12-8-17)24(28)23(27-22)15(3)4/h5-12,14-15,28H,13H2,1-4H3. The van der Waals surface area contributed by atoms with Crippen LogP contribution >= 0.6 is 12.6 Å². The maximum absolute atomic E-state index is 13.5. The average Bonchev–Trinajstić information content (AvgIpc) is 2.64. The van der Waals surface area contributed by atoms with E-state index in [9.17, 15) is 8.78 Å². The molecule has 0 aliphatic heterocycles. The van der Waals surface area contributed by atoms with Crippen molar-refractivity contribution >= 4 is 12.6 Å². The second-order valence-electron chi connectivity index (χ2n) is 7.70. The fourth-order valence-electron chi connectivity index (χ4n) is 3.44. The van der Waals surface area contributed by atoms with Crippen LogP contribution in [0.5, 0.6) is 0 Å². The normalized spacial score (nSPS) is 11.5. The van der Waals surface area contributed by atoms with Crippen LogP contribution in [0, 0.1) is 11.6 Å². The van der Waals surface area contributed by atoms with Gasteiger partial charge in [-0.2, -0.15) is 0 Å². The summed E-state index contributed by atoms with van der Waals surface area (Å²) < 4.78 is 26.9. The van der Waals surface area contributed by atoms with Gasteiger partial charge in [0.1, 0.15) is 11.6 Å². The molecule has 0 radical (unpaired) electrons. The van der Waals surface area contributed by atoms with Gasteiger partial charge in [0.25, 0.3) is 0 Å². The number of halogens is 2. The first-order valence-corrected chi connectivity index (χ1v) is 9.98. The summed E-state index contributed by atoms with van der Waals surface area (Å²) in [4.78, 5) is 5.79. The van der Waals surface area contributed by atoms with E-state index in [1.165, 1.54) is 24.3 Å². The Morgan fingerprint density at radius 3 is 1.79 bits per heavy atom. The lowest BCUT2D eigenvalue weighted by Crippen LogP contribution is -2.10. The molecule has 0 amide bonds. The highest BCUT2D eigenvalue weighted by Crippen LogP contribution is 2.39. The molecule has 0 fully saturated rings. The Labute approximate surface area is 171 Å². The summed E-state index contributed by atoms with van der Waals surface area (Å²) in [5.74, 6) is -0.105. The van der Waals surface area contributed by atoms with Gasteiger partial charge in [0.2, 0.25) is 0 Å². The zero-order valence-electron chi connectivity index (χ0n) is 16.6. The van der Waals surface area contributed by atoms with Gasteiger partial charge < -0.3 is 0 Å². The second-order valence-corrected chi connectivity index (χ2v) is 8.15. The molecule has 0 aliphatic rings. The number of benzene rings is 2. The third-order valence-electron chi connectivity index (χ3n) is 4.85. The van der Waals surface area contributed by atoms with E-state index in [4.69, 9.17) is 17.6 Å². The van der Waals surface area contributed by atoms with Crippen molar-refractivity contribution in [3.63, 3.8) is 0 Å². The van der Waals surface area contributed by atoms with Gasteiger partial charge in [0.15, 0.2) is 0 Å². The number of rotatable bonds is 5. The van der Waals surface area contributed by atoms with Crippen LogP contribution in [-0.4, -0.2) is 4.98 Å². The lowest BCUT2D eigenvalue weighted by Gasteiger charge is -2.23. The van der Waals surface area contributed by atoms with E-state index in [0.29, 0.717) is 6.42 Å². The minimum Gasteiger partial charge on any atom is -0.256 e. The molecule has 0 unspecified atom stereocenters. The molecule has 2 aromatic carbocycles. The third-order valence-corrected chi connectivity index (χ3v) is 5.30. The number of nitrogens with zero attached hydrogens (tertiary/aromatic N) is 1. The largest absolute Gasteiger partial charge is 0.256 e. The van der Waals surface area contributed by atoms with Gasteiger partial charge in [-0.05, 0) is 59.2 Å². The van der Waals surface area contributed by atoms with Crippen LogP contribution in [0.2, 0.25) is 0 Å². The van der Waals surface area contributed by atoms with Crippen molar-refractivity contribution in [2.75, 3.05) is 0 Å². The quantitative estimate of drug-likeness (QED) is 0.451. The molecule has 146 valence electrons. The summed E-state index contributed by atoms with van der Waals surface area (Å²) in [6, 6.07) is 13.0. The molecule has 28 heavy (non-hydrogen) atoms. The number of hydrogen-bond donors (Lipinski definition) is 1. The molecule has 3 rings (SSSR count). The molecule has 1 aromatic heterocycles. The lowest BCUT2D eigenvalue weighted by atomic mass is 9.88. The van der Waals surface area contributed by atoms with E-state index in [-0.39, 0.29) is 23.5 Å². The molecular weight excluding hydrogens is 372 g/mol. The highest BCUT2D eigenvalue weighted by atomic mass is 32.1. The summed E-state index contributed by atoms with van der Waals surface area (Å²) in [5, 5.41) is 0. The predicted molar refractivity (Wildman–Crippen MR) is 114 cm³/mol. The van der Waals surface area contributed by atoms with Gasteiger partial charge in [-0.25, -0.2) is 8.78 Å². The molecule has 0 spiro atoms. The Bertz CT molecular complexity index is 961. The monoisotopic (exact) mass is 397 g/mol. The van der Waals surface area contributed by atoms with E-state index >= 15 is 0 Å². The summed E-state index contributed by atoms with van der Waals surface area (Å²) >= 11 is 4.84. The molecule has 4 heteroatoms. The molecule has 0 bridgehead atoms. The highest BCUT2D eigenvalue weighted by molar-refractivity contribution is 7.80. The fourth-order valence-corrected chi connectivity index (χ4v) is 4.01. The SMILES string of the molecule is CC(C)c1nc(C(C)C)c(Cc2ccc(F)cc2)c(-c2ccc(F)cc2)c1S. The molecule has 0 aliphatic carbocycles. The zero-order chi connectivity index (χ0) is 20.4. The van der Waals surface area contributed by atoms with Crippen molar-refractivity contribution in [2.24, 2.45) is 0 Å². The summed E-state index contributed by atoms with van der Waals surface area (Å²) in [6.45, 7) is 8.43. The van der Waals surface area contributed by atoms with Crippen molar-refractivity contribution in [3.8, 4) is 11.1 Å². The molecule has 0 atom stereocenters. The lowest BCUT2D eigenvalue weighted by molar-refractivity contribution is 0.627. The van der Waals surface area contributed by atoms with Crippen LogP contribution in [0.4, 0.5) is 8.78 Å². The topological polar surface area (TPSA) is 12.9 Å². The molecule has 3 aromatic rings. The van der Waals surface area contributed by atoms with E-state index in [1.807, 2.05) is 0 Å². The number of pyridine rings is 1. The number of thiol groups is 1. The van der Waals surface area contributed by atoms with Gasteiger partial charge in [-0.3, -0.25) is 4.98 Å². The number of aromatic nitrogens is 1. The van der Waals surface area contributed by atoms with Gasteiger partial charge in [-0.1, -0.05) is 52.0 Å². The average molecular weight is 398 g/mol. The smallest absolute Gasteiger partial charge is 0.123 e. The second kappa shape index (κ2) is 8.44. The van der Waals surface area contributed by atoms with E-state index < -0.39 is 0 Å².